The highest BCUT2D eigenvalue weighted by Crippen LogP contribution is 2.38. The van der Waals surface area contributed by atoms with E-state index in [9.17, 15) is 4.39 Å². The van der Waals surface area contributed by atoms with Crippen LogP contribution in [0, 0.1) is 17.7 Å². The molecule has 0 amide bonds. The van der Waals surface area contributed by atoms with E-state index in [0.717, 1.165) is 36.9 Å². The highest BCUT2D eigenvalue weighted by Gasteiger charge is 2.35. The predicted molar refractivity (Wildman–Crippen MR) is 84.4 cm³/mol. The third kappa shape index (κ3) is 4.04. The van der Waals surface area contributed by atoms with Crippen molar-refractivity contribution in [3.05, 3.63) is 35.6 Å². The van der Waals surface area contributed by atoms with Crippen molar-refractivity contribution in [1.82, 2.24) is 4.90 Å². The van der Waals surface area contributed by atoms with Crippen molar-refractivity contribution in [2.45, 2.75) is 51.1 Å². The largest absolute Gasteiger partial charge is 0.326 e. The molecule has 2 aliphatic carbocycles. The summed E-state index contributed by atoms with van der Waals surface area (Å²) in [6.45, 7) is 4.39. The minimum atomic E-state index is -0.154. The maximum absolute atomic E-state index is 13.6. The summed E-state index contributed by atoms with van der Waals surface area (Å²) < 4.78 is 13.6. The van der Waals surface area contributed by atoms with Crippen LogP contribution in [0.3, 0.4) is 0 Å². The van der Waals surface area contributed by atoms with Crippen LogP contribution in [0.25, 0.3) is 0 Å². The van der Waals surface area contributed by atoms with Crippen LogP contribution in [0.2, 0.25) is 0 Å². The van der Waals surface area contributed by atoms with Crippen molar-refractivity contribution in [2.75, 3.05) is 13.1 Å². The first-order chi connectivity index (χ1) is 10.2. The van der Waals surface area contributed by atoms with Gasteiger partial charge in [-0.05, 0) is 61.6 Å². The molecule has 0 aliphatic heterocycles. The first kappa shape index (κ1) is 15.0. The fraction of sp³-hybridized carbons (Fsp3) is 0.667. The molecule has 2 atom stereocenters. The van der Waals surface area contributed by atoms with Crippen LogP contribution in [0.1, 0.15) is 50.6 Å². The van der Waals surface area contributed by atoms with Gasteiger partial charge in [-0.3, -0.25) is 4.90 Å². The Hall–Kier alpha value is -0.930. The fourth-order valence-electron chi connectivity index (χ4n) is 3.21. The van der Waals surface area contributed by atoms with Gasteiger partial charge in [-0.2, -0.15) is 0 Å². The van der Waals surface area contributed by atoms with E-state index >= 15 is 0 Å². The smallest absolute Gasteiger partial charge is 0.123 e. The number of hydrogen-bond donors (Lipinski definition) is 1. The Balaban J connectivity index is 1.83. The maximum Gasteiger partial charge on any atom is 0.123 e. The van der Waals surface area contributed by atoms with Crippen LogP contribution < -0.4 is 5.73 Å². The van der Waals surface area contributed by atoms with Crippen LogP contribution in [0.15, 0.2) is 24.3 Å². The Bertz CT molecular complexity index is 454. The van der Waals surface area contributed by atoms with Gasteiger partial charge in [0.25, 0.3) is 0 Å². The van der Waals surface area contributed by atoms with E-state index in [4.69, 9.17) is 5.73 Å². The van der Waals surface area contributed by atoms with Crippen LogP contribution in [0.4, 0.5) is 4.39 Å². The Morgan fingerprint density at radius 2 is 1.81 bits per heavy atom. The summed E-state index contributed by atoms with van der Waals surface area (Å²) in [4.78, 5) is 2.55. The molecule has 3 heteroatoms. The molecule has 0 spiro atoms. The molecule has 0 bridgehead atoms. The SMILES string of the molecule is CCC(N)C(c1cccc(F)c1)N(CC1CC1)CC1CC1. The zero-order chi connectivity index (χ0) is 14.8. The highest BCUT2D eigenvalue weighted by molar-refractivity contribution is 5.22. The summed E-state index contributed by atoms with van der Waals surface area (Å²) in [6.07, 6.45) is 6.31. The second kappa shape index (κ2) is 6.45. The first-order valence-electron chi connectivity index (χ1n) is 8.42. The van der Waals surface area contributed by atoms with Gasteiger partial charge in [-0.25, -0.2) is 4.39 Å². The zero-order valence-corrected chi connectivity index (χ0v) is 13.0. The van der Waals surface area contributed by atoms with Crippen molar-refractivity contribution in [2.24, 2.45) is 17.6 Å². The average Bonchev–Trinajstić information content (AvgIpc) is 3.35. The van der Waals surface area contributed by atoms with Gasteiger partial charge in [-0.15, -0.1) is 0 Å². The molecule has 21 heavy (non-hydrogen) atoms. The van der Waals surface area contributed by atoms with E-state index < -0.39 is 0 Å². The molecule has 3 rings (SSSR count). The van der Waals surface area contributed by atoms with Gasteiger partial charge in [-0.1, -0.05) is 19.1 Å². The molecule has 0 radical (unpaired) electrons. The van der Waals surface area contributed by atoms with E-state index in [0.29, 0.717) is 0 Å². The molecular formula is C18H27FN2. The van der Waals surface area contributed by atoms with Gasteiger partial charge < -0.3 is 5.73 Å². The summed E-state index contributed by atoms with van der Waals surface area (Å²) in [5.41, 5.74) is 7.48. The van der Waals surface area contributed by atoms with Gasteiger partial charge in [0.1, 0.15) is 5.82 Å². The number of benzene rings is 1. The average molecular weight is 290 g/mol. The lowest BCUT2D eigenvalue weighted by atomic mass is 9.95. The second-order valence-electron chi connectivity index (χ2n) is 6.91. The molecule has 0 heterocycles. The molecule has 2 nitrogen and oxygen atoms in total. The van der Waals surface area contributed by atoms with Crippen LogP contribution in [-0.2, 0) is 0 Å². The number of nitrogens with two attached hydrogens (primary N) is 1. The maximum atomic E-state index is 13.6. The summed E-state index contributed by atoms with van der Waals surface area (Å²) in [5.74, 6) is 1.52. The summed E-state index contributed by atoms with van der Waals surface area (Å²) in [6, 6.07) is 7.27. The first-order valence-corrected chi connectivity index (χ1v) is 8.42. The number of nitrogens with zero attached hydrogens (tertiary/aromatic N) is 1. The molecule has 2 unspecified atom stereocenters. The Morgan fingerprint density at radius 3 is 2.29 bits per heavy atom. The lowest BCUT2D eigenvalue weighted by Crippen LogP contribution is -2.42. The lowest BCUT2D eigenvalue weighted by Gasteiger charge is -2.36. The highest BCUT2D eigenvalue weighted by atomic mass is 19.1. The summed E-state index contributed by atoms with van der Waals surface area (Å²) in [5, 5.41) is 0. The molecule has 0 aromatic heterocycles. The van der Waals surface area contributed by atoms with Crippen molar-refractivity contribution in [1.29, 1.82) is 0 Å². The number of hydrogen-bond acceptors (Lipinski definition) is 2. The minimum absolute atomic E-state index is 0.0734. The quantitative estimate of drug-likeness (QED) is 0.790. The minimum Gasteiger partial charge on any atom is -0.326 e. The van der Waals surface area contributed by atoms with Crippen molar-refractivity contribution in [3.8, 4) is 0 Å². The molecule has 2 aliphatic rings. The van der Waals surface area contributed by atoms with Gasteiger partial charge in [0.2, 0.25) is 0 Å². The Labute approximate surface area is 127 Å². The van der Waals surface area contributed by atoms with Gasteiger partial charge in [0.05, 0.1) is 0 Å². The second-order valence-corrected chi connectivity index (χ2v) is 6.91. The van der Waals surface area contributed by atoms with Gasteiger partial charge in [0.15, 0.2) is 0 Å². The van der Waals surface area contributed by atoms with Crippen molar-refractivity contribution < 1.29 is 4.39 Å². The van der Waals surface area contributed by atoms with Crippen molar-refractivity contribution >= 4 is 0 Å². The van der Waals surface area contributed by atoms with E-state index in [2.05, 4.69) is 11.8 Å². The van der Waals surface area contributed by atoms with Crippen molar-refractivity contribution in [3.63, 3.8) is 0 Å². The van der Waals surface area contributed by atoms with E-state index in [1.807, 2.05) is 12.1 Å². The zero-order valence-electron chi connectivity index (χ0n) is 13.0. The molecular weight excluding hydrogens is 263 g/mol. The van der Waals surface area contributed by atoms with E-state index in [1.165, 1.54) is 31.7 Å². The molecule has 2 fully saturated rings. The van der Waals surface area contributed by atoms with Gasteiger partial charge in [0, 0.05) is 25.2 Å². The third-order valence-electron chi connectivity index (χ3n) is 4.84. The molecule has 1 aromatic rings. The Kier molecular flexibility index (Phi) is 4.60. The molecule has 2 saturated carbocycles. The number of halogens is 1. The van der Waals surface area contributed by atoms with Crippen LogP contribution in [0.5, 0.6) is 0 Å². The van der Waals surface area contributed by atoms with Crippen LogP contribution >= 0.6 is 0 Å². The fourth-order valence-corrected chi connectivity index (χ4v) is 3.21. The Morgan fingerprint density at radius 1 is 1.19 bits per heavy atom. The van der Waals surface area contributed by atoms with E-state index in [-0.39, 0.29) is 17.9 Å². The molecule has 0 saturated heterocycles. The summed E-state index contributed by atoms with van der Waals surface area (Å²) >= 11 is 0. The molecule has 116 valence electrons. The third-order valence-corrected chi connectivity index (χ3v) is 4.84. The van der Waals surface area contributed by atoms with E-state index in [1.54, 1.807) is 6.07 Å². The predicted octanol–water partition coefficient (Wildman–Crippen LogP) is 3.73. The standard InChI is InChI=1S/C18H27FN2/c1-2-17(20)18(15-4-3-5-16(19)10-15)21(11-13-6-7-13)12-14-8-9-14/h3-5,10,13-14,17-18H,2,6-9,11-12,20H2,1H3. The van der Waals surface area contributed by atoms with Crippen LogP contribution in [-0.4, -0.2) is 24.0 Å². The summed E-state index contributed by atoms with van der Waals surface area (Å²) in [7, 11) is 0. The topological polar surface area (TPSA) is 29.3 Å². The molecule has 1 aromatic carbocycles. The lowest BCUT2D eigenvalue weighted by molar-refractivity contribution is 0.154. The van der Waals surface area contributed by atoms with Gasteiger partial charge >= 0.3 is 0 Å². The normalized spacial score (nSPS) is 21.5. The molecule has 2 N–H and O–H groups in total. The monoisotopic (exact) mass is 290 g/mol. The number of rotatable bonds is 8.